The van der Waals surface area contributed by atoms with Gasteiger partial charge in [-0.05, 0) is 34.5 Å². The fourth-order valence-electron chi connectivity index (χ4n) is 2.34. The summed E-state index contributed by atoms with van der Waals surface area (Å²) in [6, 6.07) is 19.4. The third-order valence-corrected chi connectivity index (χ3v) is 3.27. The summed E-state index contributed by atoms with van der Waals surface area (Å²) >= 11 is 0. The van der Waals surface area contributed by atoms with Gasteiger partial charge in [0.1, 0.15) is 11.5 Å². The molecule has 3 aromatic rings. The molecule has 2 nitrogen and oxygen atoms in total. The Kier molecular flexibility index (Phi) is 2.84. The average Bonchev–Trinajstić information content (AvgIpc) is 2.47. The minimum Gasteiger partial charge on any atom is -0.507 e. The number of hydrogen-bond donors (Lipinski definition) is 1. The summed E-state index contributed by atoms with van der Waals surface area (Å²) in [5, 5.41) is 12.3. The smallest absolute Gasteiger partial charge is 0.124 e. The molecule has 0 saturated carbocycles. The molecule has 0 unspecified atom stereocenters. The Morgan fingerprint density at radius 1 is 0.895 bits per heavy atom. The first-order valence-corrected chi connectivity index (χ1v) is 6.15. The van der Waals surface area contributed by atoms with Crippen LogP contribution in [0.1, 0.15) is 0 Å². The maximum absolute atomic E-state index is 10.2. The van der Waals surface area contributed by atoms with E-state index in [9.17, 15) is 5.11 Å². The molecule has 0 amide bonds. The first kappa shape index (κ1) is 11.6. The largest absolute Gasteiger partial charge is 0.507 e. The minimum atomic E-state index is 0.284. The van der Waals surface area contributed by atoms with Crippen molar-refractivity contribution in [1.29, 1.82) is 0 Å². The van der Waals surface area contributed by atoms with Gasteiger partial charge in [0.2, 0.25) is 0 Å². The summed E-state index contributed by atoms with van der Waals surface area (Å²) in [6.07, 6.45) is 0. The standard InChI is InChI=1S/C17H14O2/c1-19-14-7-4-6-13(11-14)17-15-8-3-2-5-12(15)9-10-16(17)18/h2-11,18H,1H3. The molecule has 0 fully saturated rings. The maximum Gasteiger partial charge on any atom is 0.124 e. The van der Waals surface area contributed by atoms with Crippen molar-refractivity contribution < 1.29 is 9.84 Å². The molecular weight excluding hydrogens is 236 g/mol. The van der Waals surface area contributed by atoms with Crippen LogP contribution in [-0.4, -0.2) is 12.2 Å². The lowest BCUT2D eigenvalue weighted by atomic mass is 9.97. The first-order valence-electron chi connectivity index (χ1n) is 6.15. The summed E-state index contributed by atoms with van der Waals surface area (Å²) in [5.41, 5.74) is 1.80. The highest BCUT2D eigenvalue weighted by molar-refractivity contribution is 5.99. The van der Waals surface area contributed by atoms with Crippen LogP contribution in [0.3, 0.4) is 0 Å². The SMILES string of the molecule is COc1cccc(-c2c(O)ccc3ccccc23)c1. The predicted octanol–water partition coefficient (Wildman–Crippen LogP) is 4.22. The van der Waals surface area contributed by atoms with Crippen molar-refractivity contribution in [3.63, 3.8) is 0 Å². The van der Waals surface area contributed by atoms with E-state index < -0.39 is 0 Å². The van der Waals surface area contributed by atoms with E-state index in [1.807, 2.05) is 54.6 Å². The van der Waals surface area contributed by atoms with Crippen LogP contribution in [0.2, 0.25) is 0 Å². The molecule has 0 heterocycles. The summed E-state index contributed by atoms with van der Waals surface area (Å²) in [7, 11) is 1.64. The van der Waals surface area contributed by atoms with E-state index >= 15 is 0 Å². The topological polar surface area (TPSA) is 29.5 Å². The van der Waals surface area contributed by atoms with Gasteiger partial charge in [0.25, 0.3) is 0 Å². The van der Waals surface area contributed by atoms with Crippen LogP contribution in [0.5, 0.6) is 11.5 Å². The number of fused-ring (bicyclic) bond motifs is 1. The Morgan fingerprint density at radius 2 is 1.74 bits per heavy atom. The van der Waals surface area contributed by atoms with Crippen molar-refractivity contribution in [2.75, 3.05) is 7.11 Å². The predicted molar refractivity (Wildman–Crippen MR) is 77.6 cm³/mol. The van der Waals surface area contributed by atoms with E-state index in [1.54, 1.807) is 13.2 Å². The van der Waals surface area contributed by atoms with Gasteiger partial charge in [0, 0.05) is 5.56 Å². The lowest BCUT2D eigenvalue weighted by Gasteiger charge is -2.10. The molecule has 0 saturated heterocycles. The van der Waals surface area contributed by atoms with Gasteiger partial charge in [0.05, 0.1) is 7.11 Å². The maximum atomic E-state index is 10.2. The minimum absolute atomic E-state index is 0.284. The van der Waals surface area contributed by atoms with Gasteiger partial charge in [-0.2, -0.15) is 0 Å². The van der Waals surface area contributed by atoms with Crippen molar-refractivity contribution in [3.8, 4) is 22.6 Å². The second-order valence-electron chi connectivity index (χ2n) is 4.41. The summed E-state index contributed by atoms with van der Waals surface area (Å²) in [5.74, 6) is 1.07. The quantitative estimate of drug-likeness (QED) is 0.737. The molecule has 3 rings (SSSR count). The number of phenolic OH excluding ortho intramolecular Hbond substituents is 1. The van der Waals surface area contributed by atoms with Crippen molar-refractivity contribution >= 4 is 10.8 Å². The summed E-state index contributed by atoms with van der Waals surface area (Å²) in [6.45, 7) is 0. The number of methoxy groups -OCH3 is 1. The van der Waals surface area contributed by atoms with E-state index in [1.165, 1.54) is 0 Å². The molecule has 2 heteroatoms. The number of aromatic hydroxyl groups is 1. The number of hydrogen-bond acceptors (Lipinski definition) is 2. The lowest BCUT2D eigenvalue weighted by molar-refractivity contribution is 0.415. The summed E-state index contributed by atoms with van der Waals surface area (Å²) < 4.78 is 5.25. The lowest BCUT2D eigenvalue weighted by Crippen LogP contribution is -1.86. The van der Waals surface area contributed by atoms with Gasteiger partial charge in [-0.1, -0.05) is 42.5 Å². The average molecular weight is 250 g/mol. The van der Waals surface area contributed by atoms with Crippen molar-refractivity contribution in [2.45, 2.75) is 0 Å². The monoisotopic (exact) mass is 250 g/mol. The van der Waals surface area contributed by atoms with Gasteiger partial charge in [-0.3, -0.25) is 0 Å². The second-order valence-corrected chi connectivity index (χ2v) is 4.41. The molecule has 0 aliphatic heterocycles. The number of benzene rings is 3. The fraction of sp³-hybridized carbons (Fsp3) is 0.0588. The Morgan fingerprint density at radius 3 is 2.58 bits per heavy atom. The van der Waals surface area contributed by atoms with Crippen molar-refractivity contribution in [3.05, 3.63) is 60.7 Å². The van der Waals surface area contributed by atoms with Gasteiger partial charge in [-0.15, -0.1) is 0 Å². The molecule has 0 atom stereocenters. The molecule has 3 aromatic carbocycles. The van der Waals surface area contributed by atoms with Crippen molar-refractivity contribution in [1.82, 2.24) is 0 Å². The molecule has 0 aromatic heterocycles. The van der Waals surface area contributed by atoms with Crippen LogP contribution in [-0.2, 0) is 0 Å². The highest BCUT2D eigenvalue weighted by Crippen LogP contribution is 2.37. The highest BCUT2D eigenvalue weighted by Gasteiger charge is 2.09. The van der Waals surface area contributed by atoms with E-state index in [4.69, 9.17) is 4.74 Å². The fourth-order valence-corrected chi connectivity index (χ4v) is 2.34. The Balaban J connectivity index is 2.31. The zero-order valence-electron chi connectivity index (χ0n) is 10.6. The summed E-state index contributed by atoms with van der Waals surface area (Å²) in [4.78, 5) is 0. The molecule has 0 bridgehead atoms. The molecule has 0 radical (unpaired) electrons. The van der Waals surface area contributed by atoms with Crippen LogP contribution in [0.4, 0.5) is 0 Å². The zero-order chi connectivity index (χ0) is 13.2. The third-order valence-electron chi connectivity index (χ3n) is 3.27. The molecule has 19 heavy (non-hydrogen) atoms. The van der Waals surface area contributed by atoms with Gasteiger partial charge in [-0.25, -0.2) is 0 Å². The normalized spacial score (nSPS) is 10.6. The van der Waals surface area contributed by atoms with E-state index in [-0.39, 0.29) is 5.75 Å². The zero-order valence-corrected chi connectivity index (χ0v) is 10.6. The second kappa shape index (κ2) is 4.65. The molecule has 94 valence electrons. The molecule has 0 spiro atoms. The third kappa shape index (κ3) is 2.02. The Hall–Kier alpha value is -2.48. The molecule has 0 aliphatic carbocycles. The Bertz CT molecular complexity index is 732. The van der Waals surface area contributed by atoms with Crippen molar-refractivity contribution in [2.24, 2.45) is 0 Å². The number of phenols is 1. The van der Waals surface area contributed by atoms with Crippen LogP contribution in [0.15, 0.2) is 60.7 Å². The van der Waals surface area contributed by atoms with E-state index in [2.05, 4.69) is 0 Å². The van der Waals surface area contributed by atoms with E-state index in [0.717, 1.165) is 27.6 Å². The van der Waals surface area contributed by atoms with Crippen LogP contribution in [0.25, 0.3) is 21.9 Å². The molecule has 0 aliphatic rings. The van der Waals surface area contributed by atoms with E-state index in [0.29, 0.717) is 0 Å². The van der Waals surface area contributed by atoms with Crippen LogP contribution in [0, 0.1) is 0 Å². The molecule has 1 N–H and O–H groups in total. The Labute approximate surface area is 111 Å². The van der Waals surface area contributed by atoms with Gasteiger partial charge in [0.15, 0.2) is 0 Å². The number of ether oxygens (including phenoxy) is 1. The van der Waals surface area contributed by atoms with Gasteiger partial charge < -0.3 is 9.84 Å². The van der Waals surface area contributed by atoms with Crippen LogP contribution >= 0.6 is 0 Å². The number of rotatable bonds is 2. The highest BCUT2D eigenvalue weighted by atomic mass is 16.5. The first-order chi connectivity index (χ1) is 9.29. The van der Waals surface area contributed by atoms with Crippen LogP contribution < -0.4 is 4.74 Å². The molecular formula is C17H14O2. The van der Waals surface area contributed by atoms with Gasteiger partial charge >= 0.3 is 0 Å².